The quantitative estimate of drug-likeness (QED) is 0.0222. The first kappa shape index (κ1) is 84.1. The highest BCUT2D eigenvalue weighted by Gasteiger charge is 2.30. The smallest absolute Gasteiger partial charge is 0.462 e. The molecule has 0 saturated carbocycles. The molecule has 2 unspecified atom stereocenters. The Hall–Kier alpha value is -1.94. The molecule has 0 radical (unpaired) electrons. The standard InChI is InChI=1S/C67H130O17P2/c1-6-9-12-15-18-20-21-22-23-24-25-26-27-28-29-30-31-38-43-48-53-67(72)84-63(57-78-65(70)51-46-41-37-33-32-35-39-44-49-60(4)5)59-82-86(75,76)80-55-61(68)54-79-85(73,74)81-58-62(56-77-64(69)50-45-40-34-17-14-11-8-3)83-66(71)52-47-42-36-19-16-13-10-7-2/h60-63,68H,6-59H2,1-5H3,(H,73,74)(H,75,76)/t61-,62+,63+/m0/s1. The molecule has 0 spiro atoms. The lowest BCUT2D eigenvalue weighted by atomic mass is 10.0. The Balaban J connectivity index is 5.12. The van der Waals surface area contributed by atoms with Crippen LogP contribution in [-0.2, 0) is 65.4 Å². The van der Waals surface area contributed by atoms with E-state index in [-0.39, 0.29) is 25.7 Å². The number of esters is 4. The van der Waals surface area contributed by atoms with Crippen LogP contribution in [0.1, 0.15) is 343 Å². The van der Waals surface area contributed by atoms with E-state index in [0.29, 0.717) is 25.7 Å². The summed E-state index contributed by atoms with van der Waals surface area (Å²) in [7, 11) is -9.88. The highest BCUT2D eigenvalue weighted by Crippen LogP contribution is 2.45. The van der Waals surface area contributed by atoms with Gasteiger partial charge in [-0.05, 0) is 31.6 Å². The molecule has 0 amide bonds. The lowest BCUT2D eigenvalue weighted by molar-refractivity contribution is -0.161. The molecular formula is C67H130O17P2. The lowest BCUT2D eigenvalue weighted by Crippen LogP contribution is -2.30. The Bertz CT molecular complexity index is 1670. The van der Waals surface area contributed by atoms with Crippen molar-refractivity contribution in [1.29, 1.82) is 0 Å². The van der Waals surface area contributed by atoms with Crippen molar-refractivity contribution in [3.05, 3.63) is 0 Å². The summed E-state index contributed by atoms with van der Waals surface area (Å²) in [6, 6.07) is 0. The number of unbranched alkanes of at least 4 members (excludes halogenated alkanes) is 39. The van der Waals surface area contributed by atoms with Crippen LogP contribution < -0.4 is 0 Å². The summed E-state index contributed by atoms with van der Waals surface area (Å²) in [5, 5.41) is 10.5. The molecule has 19 heteroatoms. The van der Waals surface area contributed by atoms with Crippen LogP contribution in [0.3, 0.4) is 0 Å². The molecule has 86 heavy (non-hydrogen) atoms. The maximum atomic E-state index is 13.0. The van der Waals surface area contributed by atoms with Crippen LogP contribution in [0.4, 0.5) is 0 Å². The zero-order valence-electron chi connectivity index (χ0n) is 55.4. The largest absolute Gasteiger partial charge is 0.472 e. The van der Waals surface area contributed by atoms with Gasteiger partial charge in [0.2, 0.25) is 0 Å². The minimum atomic E-state index is -4.95. The number of phosphoric acid groups is 2. The number of hydrogen-bond donors (Lipinski definition) is 3. The van der Waals surface area contributed by atoms with Gasteiger partial charge in [-0.25, -0.2) is 9.13 Å². The van der Waals surface area contributed by atoms with Gasteiger partial charge in [0.1, 0.15) is 19.3 Å². The van der Waals surface area contributed by atoms with Gasteiger partial charge in [0.15, 0.2) is 12.2 Å². The van der Waals surface area contributed by atoms with Gasteiger partial charge >= 0.3 is 39.5 Å². The van der Waals surface area contributed by atoms with Gasteiger partial charge in [0, 0.05) is 25.7 Å². The number of aliphatic hydroxyl groups is 1. The zero-order valence-corrected chi connectivity index (χ0v) is 57.2. The fraction of sp³-hybridized carbons (Fsp3) is 0.940. The monoisotopic (exact) mass is 1270 g/mol. The van der Waals surface area contributed by atoms with E-state index in [1.807, 2.05) is 0 Å². The van der Waals surface area contributed by atoms with E-state index in [2.05, 4.69) is 34.6 Å². The summed E-state index contributed by atoms with van der Waals surface area (Å²) < 4.78 is 67.9. The van der Waals surface area contributed by atoms with Crippen LogP contribution in [0, 0.1) is 5.92 Å². The number of carbonyl (C=O) groups excluding carboxylic acids is 4. The van der Waals surface area contributed by atoms with Gasteiger partial charge in [0.25, 0.3) is 0 Å². The van der Waals surface area contributed by atoms with Crippen LogP contribution in [0.25, 0.3) is 0 Å². The highest BCUT2D eigenvalue weighted by atomic mass is 31.2. The summed E-state index contributed by atoms with van der Waals surface area (Å²) in [5.41, 5.74) is 0. The molecule has 0 aromatic rings. The van der Waals surface area contributed by atoms with Crippen LogP contribution >= 0.6 is 15.6 Å². The first-order valence-corrected chi connectivity index (χ1v) is 38.1. The molecule has 5 atom stereocenters. The second-order valence-corrected chi connectivity index (χ2v) is 27.6. The summed E-state index contributed by atoms with van der Waals surface area (Å²) >= 11 is 0. The van der Waals surface area contributed by atoms with Gasteiger partial charge in [-0.2, -0.15) is 0 Å². The van der Waals surface area contributed by atoms with Crippen LogP contribution in [0.2, 0.25) is 0 Å². The van der Waals surface area contributed by atoms with Crippen molar-refractivity contribution in [2.75, 3.05) is 39.6 Å². The van der Waals surface area contributed by atoms with Gasteiger partial charge in [-0.3, -0.25) is 37.3 Å². The Morgan fingerprint density at radius 1 is 0.314 bits per heavy atom. The van der Waals surface area contributed by atoms with Crippen molar-refractivity contribution in [2.24, 2.45) is 5.92 Å². The number of ether oxygens (including phenoxy) is 4. The van der Waals surface area contributed by atoms with Crippen molar-refractivity contribution in [1.82, 2.24) is 0 Å². The van der Waals surface area contributed by atoms with Crippen molar-refractivity contribution in [2.45, 2.75) is 361 Å². The molecule has 17 nitrogen and oxygen atoms in total. The zero-order chi connectivity index (χ0) is 63.5. The molecule has 0 aliphatic carbocycles. The molecule has 0 aliphatic rings. The van der Waals surface area contributed by atoms with Gasteiger partial charge in [-0.15, -0.1) is 0 Å². The van der Waals surface area contributed by atoms with Crippen molar-refractivity contribution < 1.29 is 80.2 Å². The van der Waals surface area contributed by atoms with E-state index < -0.39 is 97.5 Å². The minimum Gasteiger partial charge on any atom is -0.462 e. The van der Waals surface area contributed by atoms with E-state index in [1.165, 1.54) is 148 Å². The summed E-state index contributed by atoms with van der Waals surface area (Å²) in [6.07, 6.45) is 46.2. The lowest BCUT2D eigenvalue weighted by Gasteiger charge is -2.21. The molecule has 0 bridgehead atoms. The molecular weight excluding hydrogens is 1140 g/mol. The molecule has 0 fully saturated rings. The molecule has 0 saturated heterocycles. The van der Waals surface area contributed by atoms with E-state index >= 15 is 0 Å². The van der Waals surface area contributed by atoms with Crippen LogP contribution in [0.5, 0.6) is 0 Å². The Labute approximate surface area is 524 Å². The van der Waals surface area contributed by atoms with Gasteiger partial charge in [0.05, 0.1) is 26.4 Å². The second kappa shape index (κ2) is 60.6. The summed E-state index contributed by atoms with van der Waals surface area (Å²) in [5.74, 6) is -1.41. The van der Waals surface area contributed by atoms with Crippen molar-refractivity contribution in [3.8, 4) is 0 Å². The number of carbonyl (C=O) groups is 4. The number of hydrogen-bond acceptors (Lipinski definition) is 15. The van der Waals surface area contributed by atoms with Crippen LogP contribution in [-0.4, -0.2) is 96.7 Å². The number of aliphatic hydroxyl groups excluding tert-OH is 1. The van der Waals surface area contributed by atoms with Crippen molar-refractivity contribution in [3.63, 3.8) is 0 Å². The average Bonchev–Trinajstić information content (AvgIpc) is 3.57. The topological polar surface area (TPSA) is 237 Å². The fourth-order valence-electron chi connectivity index (χ4n) is 10.1. The number of phosphoric ester groups is 2. The molecule has 0 rings (SSSR count). The number of rotatable bonds is 67. The highest BCUT2D eigenvalue weighted by molar-refractivity contribution is 7.47. The minimum absolute atomic E-state index is 0.105. The maximum absolute atomic E-state index is 13.0. The van der Waals surface area contributed by atoms with E-state index in [9.17, 15) is 43.2 Å². The fourth-order valence-corrected chi connectivity index (χ4v) is 11.7. The van der Waals surface area contributed by atoms with Crippen LogP contribution in [0.15, 0.2) is 0 Å². The molecule has 510 valence electrons. The summed E-state index contributed by atoms with van der Waals surface area (Å²) in [6.45, 7) is 7.11. The normalized spacial score (nSPS) is 14.2. The SMILES string of the molecule is CCCCCCCCCCCCCCCCCCCCCCC(=O)O[C@H](COC(=O)CCCCCCCCCCC(C)C)COP(=O)(O)OC[C@@H](O)COP(=O)(O)OC[C@@H](COC(=O)CCCCCCCCC)OC(=O)CCCCCCCCCC. The Morgan fingerprint density at radius 3 is 0.791 bits per heavy atom. The van der Waals surface area contributed by atoms with E-state index in [4.69, 9.17) is 37.0 Å². The third-order valence-electron chi connectivity index (χ3n) is 15.5. The Kier molecular flexibility index (Phi) is 59.2. The predicted molar refractivity (Wildman–Crippen MR) is 345 cm³/mol. The predicted octanol–water partition coefficient (Wildman–Crippen LogP) is 19.0. The van der Waals surface area contributed by atoms with E-state index in [0.717, 1.165) is 115 Å². The summed E-state index contributed by atoms with van der Waals surface area (Å²) in [4.78, 5) is 72.1. The molecule has 0 aromatic carbocycles. The molecule has 0 aromatic heterocycles. The molecule has 3 N–H and O–H groups in total. The van der Waals surface area contributed by atoms with Crippen molar-refractivity contribution >= 4 is 39.5 Å². The van der Waals surface area contributed by atoms with Gasteiger partial charge in [-0.1, -0.05) is 291 Å². The maximum Gasteiger partial charge on any atom is 0.472 e. The molecule has 0 aliphatic heterocycles. The van der Waals surface area contributed by atoms with E-state index in [1.54, 1.807) is 0 Å². The first-order valence-electron chi connectivity index (χ1n) is 35.1. The first-order chi connectivity index (χ1) is 41.5. The second-order valence-electron chi connectivity index (χ2n) is 24.7. The molecule has 0 heterocycles. The third-order valence-corrected chi connectivity index (χ3v) is 17.4. The third kappa shape index (κ3) is 60.9. The van der Waals surface area contributed by atoms with Gasteiger partial charge < -0.3 is 33.8 Å². The Morgan fingerprint density at radius 2 is 0.535 bits per heavy atom. The average molecular weight is 1270 g/mol.